The Bertz CT molecular complexity index is 374. The fourth-order valence-corrected chi connectivity index (χ4v) is 2.72. The van der Waals surface area contributed by atoms with E-state index in [1.54, 1.807) is 0 Å². The number of hydrogen-bond donors (Lipinski definition) is 2. The van der Waals surface area contributed by atoms with Crippen molar-refractivity contribution in [3.05, 3.63) is 34.4 Å². The van der Waals surface area contributed by atoms with Gasteiger partial charge in [0, 0.05) is 13.1 Å². The molecule has 0 spiro atoms. The van der Waals surface area contributed by atoms with Crippen LogP contribution in [0.2, 0.25) is 0 Å². The van der Waals surface area contributed by atoms with E-state index < -0.39 is 0 Å². The van der Waals surface area contributed by atoms with E-state index in [0.717, 1.165) is 19.7 Å². The molecule has 1 aromatic carbocycles. The first-order chi connectivity index (χ1) is 8.09. The highest BCUT2D eigenvalue weighted by molar-refractivity contribution is 5.40. The van der Waals surface area contributed by atoms with Gasteiger partial charge in [-0.15, -0.1) is 0 Å². The lowest BCUT2D eigenvalue weighted by molar-refractivity contribution is 0.0120. The third kappa shape index (κ3) is 2.68. The molecule has 3 heteroatoms. The Labute approximate surface area is 103 Å². The molecule has 1 aliphatic heterocycles. The van der Waals surface area contributed by atoms with Crippen LogP contribution in [-0.2, 0) is 4.74 Å². The van der Waals surface area contributed by atoms with Crippen molar-refractivity contribution >= 4 is 0 Å². The first-order valence-corrected chi connectivity index (χ1v) is 6.25. The van der Waals surface area contributed by atoms with Gasteiger partial charge in [0.15, 0.2) is 0 Å². The normalized spacial score (nSPS) is 22.5. The molecule has 0 aliphatic carbocycles. The maximum atomic E-state index is 6.36. The van der Waals surface area contributed by atoms with Crippen molar-refractivity contribution < 1.29 is 4.74 Å². The van der Waals surface area contributed by atoms with Gasteiger partial charge in [-0.3, -0.25) is 0 Å². The van der Waals surface area contributed by atoms with Gasteiger partial charge < -0.3 is 15.8 Å². The van der Waals surface area contributed by atoms with Gasteiger partial charge >= 0.3 is 0 Å². The zero-order chi connectivity index (χ0) is 12.4. The number of benzene rings is 1. The first-order valence-electron chi connectivity index (χ1n) is 6.25. The third-order valence-corrected chi connectivity index (χ3v) is 3.43. The molecule has 1 fully saturated rings. The minimum absolute atomic E-state index is 0.0385. The number of rotatable bonds is 2. The fourth-order valence-electron chi connectivity index (χ4n) is 2.72. The molecule has 3 nitrogen and oxygen atoms in total. The van der Waals surface area contributed by atoms with E-state index in [4.69, 9.17) is 10.5 Å². The van der Waals surface area contributed by atoms with Gasteiger partial charge in [0.2, 0.25) is 0 Å². The summed E-state index contributed by atoms with van der Waals surface area (Å²) in [6, 6.07) is 4.35. The van der Waals surface area contributed by atoms with Crippen LogP contribution in [0.5, 0.6) is 0 Å². The maximum absolute atomic E-state index is 6.36. The van der Waals surface area contributed by atoms with Gasteiger partial charge in [-0.2, -0.15) is 0 Å². The Hall–Kier alpha value is -0.900. The van der Waals surface area contributed by atoms with Crippen molar-refractivity contribution in [2.24, 2.45) is 5.73 Å². The van der Waals surface area contributed by atoms with Crippen molar-refractivity contribution in [1.82, 2.24) is 5.32 Å². The van der Waals surface area contributed by atoms with Gasteiger partial charge in [0.05, 0.1) is 18.8 Å². The van der Waals surface area contributed by atoms with Crippen molar-refractivity contribution in [3.8, 4) is 0 Å². The third-order valence-electron chi connectivity index (χ3n) is 3.43. The smallest absolute Gasteiger partial charge is 0.0892 e. The molecule has 0 bridgehead atoms. The van der Waals surface area contributed by atoms with Gasteiger partial charge in [-0.25, -0.2) is 0 Å². The van der Waals surface area contributed by atoms with Gasteiger partial charge in [0.25, 0.3) is 0 Å². The number of ether oxygens (including phenoxy) is 1. The molecule has 0 amide bonds. The van der Waals surface area contributed by atoms with Crippen LogP contribution in [0.3, 0.4) is 0 Å². The quantitative estimate of drug-likeness (QED) is 0.817. The molecule has 2 rings (SSSR count). The highest BCUT2D eigenvalue weighted by atomic mass is 16.5. The molecule has 0 aromatic heterocycles. The Morgan fingerprint density at radius 2 is 1.94 bits per heavy atom. The SMILES string of the molecule is Cc1cc(C)c(C(N)C2CNCCO2)c(C)c1. The summed E-state index contributed by atoms with van der Waals surface area (Å²) in [5.74, 6) is 0. The van der Waals surface area contributed by atoms with E-state index in [2.05, 4.69) is 38.2 Å². The summed E-state index contributed by atoms with van der Waals surface area (Å²) in [4.78, 5) is 0. The number of morpholine rings is 1. The molecular weight excluding hydrogens is 212 g/mol. The van der Waals surface area contributed by atoms with Crippen molar-refractivity contribution in [2.75, 3.05) is 19.7 Å². The molecule has 94 valence electrons. The van der Waals surface area contributed by atoms with Gasteiger partial charge in [-0.05, 0) is 37.5 Å². The van der Waals surface area contributed by atoms with E-state index in [0.29, 0.717) is 0 Å². The van der Waals surface area contributed by atoms with Gasteiger partial charge in [-0.1, -0.05) is 17.7 Å². The number of nitrogens with two attached hydrogens (primary N) is 1. The predicted molar refractivity (Wildman–Crippen MR) is 70.2 cm³/mol. The molecule has 1 aliphatic rings. The maximum Gasteiger partial charge on any atom is 0.0892 e. The van der Waals surface area contributed by atoms with Crippen LogP contribution in [0, 0.1) is 20.8 Å². The first kappa shape index (κ1) is 12.6. The molecule has 2 unspecified atom stereocenters. The van der Waals surface area contributed by atoms with Crippen LogP contribution in [-0.4, -0.2) is 25.8 Å². The highest BCUT2D eigenvalue weighted by Crippen LogP contribution is 2.25. The molecule has 1 heterocycles. The Balaban J connectivity index is 2.26. The second kappa shape index (κ2) is 5.17. The summed E-state index contributed by atoms with van der Waals surface area (Å²) in [6.07, 6.45) is 0.0869. The zero-order valence-corrected chi connectivity index (χ0v) is 10.9. The lowest BCUT2D eigenvalue weighted by Gasteiger charge is -2.30. The van der Waals surface area contributed by atoms with E-state index >= 15 is 0 Å². The van der Waals surface area contributed by atoms with E-state index in [9.17, 15) is 0 Å². The molecule has 1 saturated heterocycles. The molecule has 1 aromatic rings. The van der Waals surface area contributed by atoms with Crippen molar-refractivity contribution in [1.29, 1.82) is 0 Å². The van der Waals surface area contributed by atoms with Crippen molar-refractivity contribution in [2.45, 2.75) is 32.9 Å². The van der Waals surface area contributed by atoms with Crippen molar-refractivity contribution in [3.63, 3.8) is 0 Å². The second-order valence-electron chi connectivity index (χ2n) is 4.95. The summed E-state index contributed by atoms with van der Waals surface area (Å²) >= 11 is 0. The number of hydrogen-bond acceptors (Lipinski definition) is 3. The monoisotopic (exact) mass is 234 g/mol. The molecule has 17 heavy (non-hydrogen) atoms. The summed E-state index contributed by atoms with van der Waals surface area (Å²) < 4.78 is 5.75. The standard InChI is InChI=1S/C14H22N2O/c1-9-6-10(2)13(11(3)7-9)14(15)12-8-16-4-5-17-12/h6-7,12,14,16H,4-5,8,15H2,1-3H3. The number of nitrogens with one attached hydrogen (secondary N) is 1. The largest absolute Gasteiger partial charge is 0.374 e. The minimum Gasteiger partial charge on any atom is -0.374 e. The predicted octanol–water partition coefficient (Wildman–Crippen LogP) is 1.60. The van der Waals surface area contributed by atoms with Crippen LogP contribution < -0.4 is 11.1 Å². The number of aryl methyl sites for hydroxylation is 3. The molecule has 3 N–H and O–H groups in total. The lowest BCUT2D eigenvalue weighted by Crippen LogP contribution is -2.44. The molecule has 2 atom stereocenters. The van der Waals surface area contributed by atoms with Crippen LogP contribution in [0.4, 0.5) is 0 Å². The van der Waals surface area contributed by atoms with Crippen LogP contribution >= 0.6 is 0 Å². The molecule has 0 saturated carbocycles. The summed E-state index contributed by atoms with van der Waals surface area (Å²) in [5.41, 5.74) is 11.4. The summed E-state index contributed by atoms with van der Waals surface area (Å²) in [5, 5.41) is 3.33. The van der Waals surface area contributed by atoms with Crippen LogP contribution in [0.15, 0.2) is 12.1 Å². The van der Waals surface area contributed by atoms with E-state index in [-0.39, 0.29) is 12.1 Å². The topological polar surface area (TPSA) is 47.3 Å². The Morgan fingerprint density at radius 1 is 1.29 bits per heavy atom. The summed E-state index contributed by atoms with van der Waals surface area (Å²) in [6.45, 7) is 8.90. The Kier molecular flexibility index (Phi) is 3.82. The summed E-state index contributed by atoms with van der Waals surface area (Å²) in [7, 11) is 0. The fraction of sp³-hybridized carbons (Fsp3) is 0.571. The minimum atomic E-state index is -0.0385. The molecular formula is C14H22N2O. The average molecular weight is 234 g/mol. The average Bonchev–Trinajstić information content (AvgIpc) is 2.28. The van der Waals surface area contributed by atoms with Gasteiger partial charge in [0.1, 0.15) is 0 Å². The second-order valence-corrected chi connectivity index (χ2v) is 4.95. The lowest BCUT2D eigenvalue weighted by atomic mass is 9.91. The highest BCUT2D eigenvalue weighted by Gasteiger charge is 2.24. The van der Waals surface area contributed by atoms with Crippen LogP contribution in [0.1, 0.15) is 28.3 Å². The van der Waals surface area contributed by atoms with E-state index in [1.807, 2.05) is 0 Å². The Morgan fingerprint density at radius 3 is 2.47 bits per heavy atom. The van der Waals surface area contributed by atoms with Crippen LogP contribution in [0.25, 0.3) is 0 Å². The zero-order valence-electron chi connectivity index (χ0n) is 10.9. The molecule has 0 radical (unpaired) electrons. The van der Waals surface area contributed by atoms with E-state index in [1.165, 1.54) is 22.3 Å².